The molecule has 3 rings (SSSR count). The molecule has 0 saturated carbocycles. The second-order valence-corrected chi connectivity index (χ2v) is 6.56. The van der Waals surface area contributed by atoms with Crippen LogP contribution in [-0.4, -0.2) is 44.3 Å². The minimum absolute atomic E-state index is 0.203. The Kier molecular flexibility index (Phi) is 3.44. The van der Waals surface area contributed by atoms with Gasteiger partial charge >= 0.3 is 5.97 Å². The van der Waals surface area contributed by atoms with Gasteiger partial charge in [0.15, 0.2) is 5.84 Å². The Labute approximate surface area is 123 Å². The molecule has 1 aromatic carbocycles. The number of esters is 1. The predicted octanol–water partition coefficient (Wildman–Crippen LogP) is 1.16. The van der Waals surface area contributed by atoms with Crippen LogP contribution in [0.15, 0.2) is 33.6 Å². The van der Waals surface area contributed by atoms with E-state index in [4.69, 9.17) is 4.74 Å². The smallest absolute Gasteiger partial charge is 0.328 e. The Bertz CT molecular complexity index is 711. The monoisotopic (exact) mass is 308 g/mol. The number of carbonyl (C=O) groups excluding carboxylic acids is 1. The lowest BCUT2D eigenvalue weighted by molar-refractivity contribution is -0.147. The van der Waals surface area contributed by atoms with E-state index in [1.54, 1.807) is 30.0 Å². The molecule has 0 bridgehead atoms. The van der Waals surface area contributed by atoms with E-state index in [1.807, 2.05) is 0 Å². The molecule has 0 aliphatic carbocycles. The average molecular weight is 308 g/mol. The Morgan fingerprint density at radius 3 is 2.95 bits per heavy atom. The second kappa shape index (κ2) is 5.14. The van der Waals surface area contributed by atoms with Gasteiger partial charge in [0.05, 0.1) is 6.61 Å². The van der Waals surface area contributed by atoms with Crippen molar-refractivity contribution in [3.05, 3.63) is 29.8 Å². The molecule has 0 radical (unpaired) electrons. The fourth-order valence-electron chi connectivity index (χ4n) is 2.80. The van der Waals surface area contributed by atoms with Gasteiger partial charge in [0, 0.05) is 12.1 Å². The third-order valence-electron chi connectivity index (χ3n) is 3.70. The fourth-order valence-corrected chi connectivity index (χ4v) is 4.02. The molecule has 0 aromatic heterocycles. The van der Waals surface area contributed by atoms with Crippen molar-refractivity contribution in [1.82, 2.24) is 4.90 Å². The highest BCUT2D eigenvalue weighted by Gasteiger charge is 2.39. The number of fused-ring (bicyclic) bond motifs is 1. The van der Waals surface area contributed by atoms with Crippen molar-refractivity contribution in [3.8, 4) is 0 Å². The van der Waals surface area contributed by atoms with Gasteiger partial charge in [-0.2, -0.15) is 8.42 Å². The van der Waals surface area contributed by atoms with Gasteiger partial charge < -0.3 is 9.64 Å². The highest BCUT2D eigenvalue weighted by Crippen LogP contribution is 2.31. The molecule has 1 unspecified atom stereocenters. The van der Waals surface area contributed by atoms with Gasteiger partial charge in [0.1, 0.15) is 10.9 Å². The molecule has 21 heavy (non-hydrogen) atoms. The average Bonchev–Trinajstić information content (AvgIpc) is 3.03. The predicted molar refractivity (Wildman–Crippen MR) is 76.5 cm³/mol. The fraction of sp³-hybridized carbons (Fsp3) is 0.429. The van der Waals surface area contributed by atoms with Gasteiger partial charge in [0.2, 0.25) is 0 Å². The van der Waals surface area contributed by atoms with Crippen molar-refractivity contribution in [2.75, 3.05) is 13.2 Å². The summed E-state index contributed by atoms with van der Waals surface area (Å²) in [7, 11) is -3.66. The highest BCUT2D eigenvalue weighted by atomic mass is 32.2. The lowest BCUT2D eigenvalue weighted by Crippen LogP contribution is -2.41. The maximum atomic E-state index is 12.1. The summed E-state index contributed by atoms with van der Waals surface area (Å²) in [5.41, 5.74) is 0.564. The van der Waals surface area contributed by atoms with Crippen molar-refractivity contribution in [1.29, 1.82) is 0 Å². The summed E-state index contributed by atoms with van der Waals surface area (Å²) in [5.74, 6) is 0.0423. The van der Waals surface area contributed by atoms with Crippen LogP contribution in [0.3, 0.4) is 0 Å². The van der Waals surface area contributed by atoms with Crippen LogP contribution in [0.1, 0.15) is 25.3 Å². The van der Waals surface area contributed by atoms with E-state index in [0.29, 0.717) is 31.0 Å². The summed E-state index contributed by atoms with van der Waals surface area (Å²) in [6, 6.07) is 6.24. The number of amidine groups is 1. The zero-order chi connectivity index (χ0) is 15.0. The van der Waals surface area contributed by atoms with Crippen molar-refractivity contribution < 1.29 is 17.9 Å². The number of likely N-dealkylation sites (tertiary alicyclic amines) is 1. The number of ether oxygens (including phenoxy) is 1. The topological polar surface area (TPSA) is 76.0 Å². The van der Waals surface area contributed by atoms with Crippen LogP contribution >= 0.6 is 0 Å². The summed E-state index contributed by atoms with van der Waals surface area (Å²) in [6.45, 7) is 2.67. The second-order valence-electron chi connectivity index (χ2n) is 4.99. The molecule has 0 spiro atoms. The van der Waals surface area contributed by atoms with E-state index in [9.17, 15) is 13.2 Å². The Morgan fingerprint density at radius 1 is 1.43 bits per heavy atom. The normalized spacial score (nSPS) is 22.8. The van der Waals surface area contributed by atoms with E-state index in [2.05, 4.69) is 4.40 Å². The largest absolute Gasteiger partial charge is 0.464 e. The molecule has 1 aromatic rings. The first-order valence-electron chi connectivity index (χ1n) is 6.92. The first kappa shape index (κ1) is 14.1. The van der Waals surface area contributed by atoms with Crippen LogP contribution in [0.2, 0.25) is 0 Å². The first-order valence-corrected chi connectivity index (χ1v) is 8.36. The molecule has 0 N–H and O–H groups in total. The van der Waals surface area contributed by atoms with Gasteiger partial charge in [0.25, 0.3) is 10.0 Å². The van der Waals surface area contributed by atoms with Gasteiger partial charge in [-0.3, -0.25) is 0 Å². The molecule has 1 fully saturated rings. The van der Waals surface area contributed by atoms with Gasteiger partial charge in [-0.1, -0.05) is 12.1 Å². The maximum absolute atomic E-state index is 12.1. The molecule has 2 aliphatic rings. The van der Waals surface area contributed by atoms with E-state index >= 15 is 0 Å². The summed E-state index contributed by atoms with van der Waals surface area (Å²) < 4.78 is 33.1. The molecule has 0 amide bonds. The SMILES string of the molecule is CCOC(=O)C1CCCN1C1=NS(=O)(=O)c2ccccc21. The number of rotatable bonds is 2. The molecular weight excluding hydrogens is 292 g/mol. The van der Waals surface area contributed by atoms with E-state index in [-0.39, 0.29) is 10.9 Å². The molecule has 1 saturated heterocycles. The molecule has 2 aliphatic heterocycles. The van der Waals surface area contributed by atoms with Gasteiger partial charge in [-0.05, 0) is 31.9 Å². The maximum Gasteiger partial charge on any atom is 0.328 e. The van der Waals surface area contributed by atoms with Crippen molar-refractivity contribution in [2.45, 2.75) is 30.7 Å². The standard InChI is InChI=1S/C14H16N2O4S/c1-2-20-14(17)11-7-5-9-16(11)13-10-6-3-4-8-12(10)21(18,19)15-13/h3-4,6,8,11H,2,5,7,9H2,1H3. The van der Waals surface area contributed by atoms with Gasteiger partial charge in [-0.15, -0.1) is 4.40 Å². The summed E-state index contributed by atoms with van der Waals surface area (Å²) in [4.78, 5) is 14.0. The van der Waals surface area contributed by atoms with E-state index < -0.39 is 16.1 Å². The third kappa shape index (κ3) is 2.31. The number of hydrogen-bond donors (Lipinski definition) is 0. The summed E-state index contributed by atoms with van der Waals surface area (Å²) in [5, 5.41) is 0. The molecule has 6 nitrogen and oxygen atoms in total. The minimum atomic E-state index is -3.66. The summed E-state index contributed by atoms with van der Waals surface area (Å²) in [6.07, 6.45) is 1.46. The Balaban J connectivity index is 1.99. The molecule has 2 heterocycles. The first-order chi connectivity index (χ1) is 10.0. The zero-order valence-electron chi connectivity index (χ0n) is 11.7. The van der Waals surface area contributed by atoms with Crippen LogP contribution in [0.4, 0.5) is 0 Å². The number of carbonyl (C=O) groups is 1. The van der Waals surface area contributed by atoms with Gasteiger partial charge in [-0.25, -0.2) is 4.79 Å². The van der Waals surface area contributed by atoms with Crippen molar-refractivity contribution in [3.63, 3.8) is 0 Å². The van der Waals surface area contributed by atoms with Crippen molar-refractivity contribution in [2.24, 2.45) is 4.40 Å². The van der Waals surface area contributed by atoms with Crippen molar-refractivity contribution >= 4 is 21.8 Å². The van der Waals surface area contributed by atoms with Crippen LogP contribution in [-0.2, 0) is 19.6 Å². The van der Waals surface area contributed by atoms with Crippen LogP contribution < -0.4 is 0 Å². The molecule has 7 heteroatoms. The molecule has 1 atom stereocenters. The quantitative estimate of drug-likeness (QED) is 0.766. The zero-order valence-corrected chi connectivity index (χ0v) is 12.5. The van der Waals surface area contributed by atoms with E-state index in [0.717, 1.165) is 6.42 Å². The minimum Gasteiger partial charge on any atom is -0.464 e. The van der Waals surface area contributed by atoms with E-state index in [1.165, 1.54) is 6.07 Å². The third-order valence-corrected chi connectivity index (χ3v) is 5.02. The molecular formula is C14H16N2O4S. The number of sulfonamides is 1. The number of benzene rings is 1. The van der Waals surface area contributed by atoms with Crippen LogP contribution in [0, 0.1) is 0 Å². The van der Waals surface area contributed by atoms with Crippen LogP contribution in [0.5, 0.6) is 0 Å². The summed E-state index contributed by atoms with van der Waals surface area (Å²) >= 11 is 0. The Hall–Kier alpha value is -1.89. The van der Waals surface area contributed by atoms with Crippen LogP contribution in [0.25, 0.3) is 0 Å². The lowest BCUT2D eigenvalue weighted by atomic mass is 10.1. The molecule has 112 valence electrons. The number of hydrogen-bond acceptors (Lipinski definition) is 5. The Morgan fingerprint density at radius 2 is 2.19 bits per heavy atom. The highest BCUT2D eigenvalue weighted by molar-refractivity contribution is 7.90. The number of nitrogens with zero attached hydrogens (tertiary/aromatic N) is 2. The lowest BCUT2D eigenvalue weighted by Gasteiger charge is -2.24.